The summed E-state index contributed by atoms with van der Waals surface area (Å²) >= 11 is 0. The Balaban J connectivity index is 1.66. The summed E-state index contributed by atoms with van der Waals surface area (Å²) in [6.45, 7) is 10.7. The number of fused-ring (bicyclic) bond motifs is 1. The lowest BCUT2D eigenvalue weighted by Crippen LogP contribution is -2.68. The van der Waals surface area contributed by atoms with Crippen LogP contribution in [0, 0.1) is 16.7 Å². The van der Waals surface area contributed by atoms with Gasteiger partial charge in [0.25, 0.3) is 0 Å². The highest BCUT2D eigenvalue weighted by molar-refractivity contribution is 5.80. The highest BCUT2D eigenvalue weighted by Gasteiger charge is 2.59. The van der Waals surface area contributed by atoms with Gasteiger partial charge in [-0.2, -0.15) is 0 Å². The van der Waals surface area contributed by atoms with Gasteiger partial charge in [-0.25, -0.2) is 0 Å². The van der Waals surface area contributed by atoms with Crippen LogP contribution in [0.5, 0.6) is 0 Å². The Kier molecular flexibility index (Phi) is 5.37. The molecule has 3 fully saturated rings. The zero-order chi connectivity index (χ0) is 17.2. The molecule has 3 rings (SSSR count). The molecular formula is C18H33N3O3. The normalized spacial score (nSPS) is 37.8. The van der Waals surface area contributed by atoms with Crippen LogP contribution in [0.3, 0.4) is 0 Å². The van der Waals surface area contributed by atoms with Crippen LogP contribution in [0.1, 0.15) is 40.0 Å². The van der Waals surface area contributed by atoms with Gasteiger partial charge in [0.2, 0.25) is 0 Å². The summed E-state index contributed by atoms with van der Waals surface area (Å²) in [6, 6.07) is 0.399. The van der Waals surface area contributed by atoms with Crippen molar-refractivity contribution in [3.05, 3.63) is 0 Å². The molecule has 0 aromatic carbocycles. The number of guanidine groups is 1. The van der Waals surface area contributed by atoms with Gasteiger partial charge in [-0.15, -0.1) is 0 Å². The summed E-state index contributed by atoms with van der Waals surface area (Å²) in [6.07, 6.45) is 3.24. The number of hydrogen-bond acceptors (Lipinski definition) is 4. The standard InChI is InChI=1S/C18H33N3O3/c1-4-19-16(20-11-18(6-8-22)7-10-23-12-18)21-14-13-5-9-24-15(13)17(14,2)3/h13-15,22H,4-12H2,1-3H3,(H2,19,20,21). The Morgan fingerprint density at radius 3 is 2.83 bits per heavy atom. The number of nitrogens with zero attached hydrogens (tertiary/aromatic N) is 1. The third kappa shape index (κ3) is 3.28. The second-order valence-corrected chi connectivity index (χ2v) is 8.16. The Bertz CT molecular complexity index is 460. The molecule has 2 heterocycles. The Labute approximate surface area is 145 Å². The Morgan fingerprint density at radius 2 is 2.17 bits per heavy atom. The fourth-order valence-corrected chi connectivity index (χ4v) is 4.62. The first-order valence-electron chi connectivity index (χ1n) is 9.37. The Hall–Kier alpha value is -0.850. The second kappa shape index (κ2) is 7.18. The van der Waals surface area contributed by atoms with E-state index in [2.05, 4.69) is 31.4 Å². The number of aliphatic hydroxyl groups is 1. The van der Waals surface area contributed by atoms with Crippen molar-refractivity contribution in [2.24, 2.45) is 21.7 Å². The molecule has 0 bridgehead atoms. The fourth-order valence-electron chi connectivity index (χ4n) is 4.62. The van der Waals surface area contributed by atoms with Crippen LogP contribution >= 0.6 is 0 Å². The van der Waals surface area contributed by atoms with Crippen molar-refractivity contribution in [3.63, 3.8) is 0 Å². The topological polar surface area (TPSA) is 75.1 Å². The molecule has 3 N–H and O–H groups in total. The maximum Gasteiger partial charge on any atom is 0.191 e. The number of hydrogen-bond donors (Lipinski definition) is 3. The highest BCUT2D eigenvalue weighted by Crippen LogP contribution is 2.52. The number of nitrogens with one attached hydrogen (secondary N) is 2. The molecule has 138 valence electrons. The van der Waals surface area contributed by atoms with Crippen molar-refractivity contribution in [3.8, 4) is 0 Å². The molecule has 1 aliphatic carbocycles. The molecule has 0 aromatic rings. The van der Waals surface area contributed by atoms with Gasteiger partial charge >= 0.3 is 0 Å². The molecular weight excluding hydrogens is 306 g/mol. The van der Waals surface area contributed by atoms with Crippen molar-refractivity contribution >= 4 is 5.96 Å². The van der Waals surface area contributed by atoms with E-state index in [9.17, 15) is 5.11 Å². The van der Waals surface area contributed by atoms with Crippen LogP contribution < -0.4 is 10.6 Å². The van der Waals surface area contributed by atoms with E-state index in [0.717, 1.165) is 45.0 Å². The largest absolute Gasteiger partial charge is 0.396 e. The molecule has 24 heavy (non-hydrogen) atoms. The summed E-state index contributed by atoms with van der Waals surface area (Å²) in [5, 5.41) is 16.4. The third-order valence-corrected chi connectivity index (χ3v) is 6.14. The highest BCUT2D eigenvalue weighted by atomic mass is 16.5. The van der Waals surface area contributed by atoms with Gasteiger partial charge in [-0.1, -0.05) is 13.8 Å². The number of aliphatic hydroxyl groups excluding tert-OH is 1. The molecule has 2 saturated heterocycles. The molecule has 4 unspecified atom stereocenters. The van der Waals surface area contributed by atoms with Gasteiger partial charge in [0.15, 0.2) is 5.96 Å². The zero-order valence-electron chi connectivity index (χ0n) is 15.3. The number of rotatable bonds is 6. The van der Waals surface area contributed by atoms with E-state index in [1.54, 1.807) is 0 Å². The zero-order valence-corrected chi connectivity index (χ0v) is 15.3. The number of ether oxygens (including phenoxy) is 2. The Morgan fingerprint density at radius 1 is 1.33 bits per heavy atom. The minimum absolute atomic E-state index is 0.00869. The van der Waals surface area contributed by atoms with Gasteiger partial charge in [0.1, 0.15) is 0 Å². The lowest BCUT2D eigenvalue weighted by molar-refractivity contribution is -0.106. The molecule has 4 atom stereocenters. The first kappa shape index (κ1) is 18.0. The van der Waals surface area contributed by atoms with E-state index in [-0.39, 0.29) is 17.4 Å². The van der Waals surface area contributed by atoms with Gasteiger partial charge in [-0.3, -0.25) is 4.99 Å². The predicted molar refractivity (Wildman–Crippen MR) is 94.1 cm³/mol. The lowest BCUT2D eigenvalue weighted by Gasteiger charge is -2.55. The van der Waals surface area contributed by atoms with E-state index in [4.69, 9.17) is 14.5 Å². The third-order valence-electron chi connectivity index (χ3n) is 6.14. The molecule has 0 aromatic heterocycles. The average Bonchev–Trinajstić information content (AvgIpc) is 3.19. The molecule has 0 radical (unpaired) electrons. The van der Waals surface area contributed by atoms with Crippen molar-refractivity contribution in [1.29, 1.82) is 0 Å². The predicted octanol–water partition coefficient (Wildman–Crippen LogP) is 1.14. The summed E-state index contributed by atoms with van der Waals surface area (Å²) < 4.78 is 11.5. The maximum atomic E-state index is 9.38. The van der Waals surface area contributed by atoms with Crippen molar-refractivity contribution in [1.82, 2.24) is 10.6 Å². The summed E-state index contributed by atoms with van der Waals surface area (Å²) in [5.41, 5.74) is 0.127. The lowest BCUT2D eigenvalue weighted by atomic mass is 9.57. The van der Waals surface area contributed by atoms with Crippen molar-refractivity contribution in [2.45, 2.75) is 52.2 Å². The summed E-state index contributed by atoms with van der Waals surface area (Å²) in [5.74, 6) is 1.47. The van der Waals surface area contributed by atoms with Gasteiger partial charge in [-0.05, 0) is 26.2 Å². The minimum atomic E-state index is -0.00869. The molecule has 0 amide bonds. The molecule has 6 nitrogen and oxygen atoms in total. The summed E-state index contributed by atoms with van der Waals surface area (Å²) in [7, 11) is 0. The monoisotopic (exact) mass is 339 g/mol. The molecule has 6 heteroatoms. The molecule has 2 aliphatic heterocycles. The maximum absolute atomic E-state index is 9.38. The molecule has 3 aliphatic rings. The van der Waals surface area contributed by atoms with Crippen LogP contribution in [0.15, 0.2) is 4.99 Å². The smallest absolute Gasteiger partial charge is 0.191 e. The quantitative estimate of drug-likeness (QED) is 0.500. The average molecular weight is 339 g/mol. The van der Waals surface area contributed by atoms with Gasteiger partial charge < -0.3 is 25.2 Å². The van der Waals surface area contributed by atoms with Crippen LogP contribution in [-0.4, -0.2) is 62.7 Å². The summed E-state index contributed by atoms with van der Waals surface area (Å²) in [4.78, 5) is 4.85. The number of aliphatic imine (C=N–C) groups is 1. The van der Waals surface area contributed by atoms with E-state index >= 15 is 0 Å². The minimum Gasteiger partial charge on any atom is -0.396 e. The van der Waals surface area contributed by atoms with Gasteiger partial charge in [0, 0.05) is 49.2 Å². The van der Waals surface area contributed by atoms with Crippen LogP contribution in [-0.2, 0) is 9.47 Å². The second-order valence-electron chi connectivity index (χ2n) is 8.16. The molecule has 0 spiro atoms. The van der Waals surface area contributed by atoms with Crippen LogP contribution in [0.4, 0.5) is 0 Å². The van der Waals surface area contributed by atoms with E-state index < -0.39 is 0 Å². The van der Waals surface area contributed by atoms with E-state index in [1.807, 2.05) is 0 Å². The van der Waals surface area contributed by atoms with Gasteiger partial charge in [0.05, 0.1) is 19.3 Å². The van der Waals surface area contributed by atoms with E-state index in [0.29, 0.717) is 31.2 Å². The first-order valence-corrected chi connectivity index (χ1v) is 9.37. The van der Waals surface area contributed by atoms with Crippen molar-refractivity contribution < 1.29 is 14.6 Å². The fraction of sp³-hybridized carbons (Fsp3) is 0.944. The van der Waals surface area contributed by atoms with E-state index in [1.165, 1.54) is 0 Å². The molecule has 1 saturated carbocycles. The van der Waals surface area contributed by atoms with Crippen LogP contribution in [0.2, 0.25) is 0 Å². The first-order chi connectivity index (χ1) is 11.5. The van der Waals surface area contributed by atoms with Crippen LogP contribution in [0.25, 0.3) is 0 Å². The SMILES string of the molecule is CCNC(=NCC1(CCO)CCOC1)NC1C2CCOC2C1(C)C. The van der Waals surface area contributed by atoms with Crippen molar-refractivity contribution in [2.75, 3.05) is 39.5 Å².